The number of nitrogens with one attached hydrogen (secondary N) is 2. The van der Waals surface area contributed by atoms with Crippen molar-refractivity contribution in [1.82, 2.24) is 15.2 Å². The summed E-state index contributed by atoms with van der Waals surface area (Å²) in [5, 5.41) is 5.52. The number of hydrogen-bond donors (Lipinski definition) is 2. The third-order valence-electron chi connectivity index (χ3n) is 4.01. The van der Waals surface area contributed by atoms with Crippen molar-refractivity contribution in [1.29, 1.82) is 0 Å². The first-order valence-corrected chi connectivity index (χ1v) is 7.80. The summed E-state index contributed by atoms with van der Waals surface area (Å²) in [7, 11) is 0. The number of amides is 2. The van der Waals surface area contributed by atoms with E-state index in [2.05, 4.69) is 10.6 Å². The van der Waals surface area contributed by atoms with Gasteiger partial charge in [-0.1, -0.05) is 12.1 Å². The Balaban J connectivity index is 1.63. The molecule has 0 aliphatic carbocycles. The van der Waals surface area contributed by atoms with Crippen molar-refractivity contribution in [2.75, 3.05) is 6.54 Å². The van der Waals surface area contributed by atoms with Crippen molar-refractivity contribution in [2.24, 2.45) is 0 Å². The number of hydrogen-bond acceptors (Lipinski definition) is 4. The zero-order valence-electron chi connectivity index (χ0n) is 12.7. The quantitative estimate of drug-likeness (QED) is 0.871. The largest absolute Gasteiger partial charge is 0.419 e. The topological polar surface area (TPSA) is 93.3 Å². The molecule has 2 N–H and O–H groups in total. The van der Waals surface area contributed by atoms with Crippen molar-refractivity contribution in [2.45, 2.75) is 38.3 Å². The van der Waals surface area contributed by atoms with Crippen molar-refractivity contribution in [3.63, 3.8) is 0 Å². The Hall–Kier alpha value is -2.57. The van der Waals surface area contributed by atoms with Crippen LogP contribution in [0.15, 0.2) is 33.5 Å². The molecule has 1 aromatic carbocycles. The number of aromatic nitrogens is 1. The Morgan fingerprint density at radius 2 is 2.13 bits per heavy atom. The lowest BCUT2D eigenvalue weighted by Gasteiger charge is -2.15. The summed E-state index contributed by atoms with van der Waals surface area (Å²) in [5.41, 5.74) is 1.17. The Bertz CT molecular complexity index is 777. The van der Waals surface area contributed by atoms with Gasteiger partial charge in [-0.2, -0.15) is 0 Å². The fourth-order valence-corrected chi connectivity index (χ4v) is 2.78. The highest BCUT2D eigenvalue weighted by atomic mass is 16.4. The van der Waals surface area contributed by atoms with E-state index in [1.807, 2.05) is 6.07 Å². The highest BCUT2D eigenvalue weighted by Crippen LogP contribution is 2.12. The third kappa shape index (κ3) is 3.44. The van der Waals surface area contributed by atoms with Crippen LogP contribution in [-0.4, -0.2) is 29.0 Å². The Labute approximate surface area is 132 Å². The first-order chi connectivity index (χ1) is 11.1. The van der Waals surface area contributed by atoms with E-state index in [4.69, 9.17) is 4.42 Å². The maximum atomic E-state index is 12.1. The normalized spacial score (nSPS) is 18.4. The second-order valence-electron chi connectivity index (χ2n) is 5.64. The molecule has 2 heterocycles. The van der Waals surface area contributed by atoms with Gasteiger partial charge in [-0.05, 0) is 31.4 Å². The lowest BCUT2D eigenvalue weighted by molar-refractivity contribution is -0.128. The van der Waals surface area contributed by atoms with Crippen LogP contribution in [0.3, 0.4) is 0 Å². The number of rotatable bonds is 4. The van der Waals surface area contributed by atoms with Gasteiger partial charge >= 0.3 is 5.76 Å². The first kappa shape index (κ1) is 15.3. The molecule has 1 aliphatic heterocycles. The summed E-state index contributed by atoms with van der Waals surface area (Å²) >= 11 is 0. The SMILES string of the molecule is O=C(CCn1c(=O)oc2ccccc21)N[C@H]1CCCCNC1=O. The average molecular weight is 317 g/mol. The van der Waals surface area contributed by atoms with E-state index < -0.39 is 11.8 Å². The van der Waals surface area contributed by atoms with Crippen LogP contribution in [0.1, 0.15) is 25.7 Å². The molecule has 1 atom stereocenters. The number of oxazole rings is 1. The van der Waals surface area contributed by atoms with Crippen molar-refractivity contribution >= 4 is 22.9 Å². The number of nitrogens with zero attached hydrogens (tertiary/aromatic N) is 1. The second-order valence-corrected chi connectivity index (χ2v) is 5.64. The standard InChI is InChI=1S/C16H19N3O4/c20-14(18-11-5-3-4-9-17-15(11)21)8-10-19-12-6-1-2-7-13(12)23-16(19)22/h1-2,6-7,11H,3-5,8-10H2,(H,17,21)(H,18,20)/t11-/m0/s1. The van der Waals surface area contributed by atoms with Gasteiger partial charge in [0.2, 0.25) is 11.8 Å². The number of carbonyl (C=O) groups excluding carboxylic acids is 2. The maximum Gasteiger partial charge on any atom is 0.419 e. The highest BCUT2D eigenvalue weighted by molar-refractivity contribution is 5.87. The molecule has 1 aromatic heterocycles. The van der Waals surface area contributed by atoms with Crippen LogP contribution >= 0.6 is 0 Å². The molecule has 3 rings (SSSR count). The highest BCUT2D eigenvalue weighted by Gasteiger charge is 2.22. The fourth-order valence-electron chi connectivity index (χ4n) is 2.78. The smallest absolute Gasteiger partial charge is 0.408 e. The van der Waals surface area contributed by atoms with Crippen molar-refractivity contribution < 1.29 is 14.0 Å². The van der Waals surface area contributed by atoms with Gasteiger partial charge in [0.05, 0.1) is 5.52 Å². The van der Waals surface area contributed by atoms with Gasteiger partial charge in [0.1, 0.15) is 6.04 Å². The van der Waals surface area contributed by atoms with E-state index in [0.29, 0.717) is 24.1 Å². The molecule has 0 unspecified atom stereocenters. The fraction of sp³-hybridized carbons (Fsp3) is 0.438. The Morgan fingerprint density at radius 3 is 3.00 bits per heavy atom. The van der Waals surface area contributed by atoms with Gasteiger partial charge < -0.3 is 15.1 Å². The molecule has 1 aliphatic rings. The van der Waals surface area contributed by atoms with E-state index in [1.165, 1.54) is 4.57 Å². The molecular weight excluding hydrogens is 298 g/mol. The molecule has 7 heteroatoms. The van der Waals surface area contributed by atoms with E-state index in [0.717, 1.165) is 12.8 Å². The van der Waals surface area contributed by atoms with Crippen LogP contribution in [0.2, 0.25) is 0 Å². The zero-order chi connectivity index (χ0) is 16.2. The molecule has 7 nitrogen and oxygen atoms in total. The van der Waals surface area contributed by atoms with Gasteiger partial charge in [-0.3, -0.25) is 14.2 Å². The van der Waals surface area contributed by atoms with Crippen molar-refractivity contribution in [3.8, 4) is 0 Å². The lowest BCUT2D eigenvalue weighted by Crippen LogP contribution is -2.45. The zero-order valence-corrected chi connectivity index (χ0v) is 12.7. The monoisotopic (exact) mass is 317 g/mol. The second kappa shape index (κ2) is 6.68. The average Bonchev–Trinajstić information content (AvgIpc) is 2.72. The van der Waals surface area contributed by atoms with Gasteiger partial charge in [-0.15, -0.1) is 0 Å². The summed E-state index contributed by atoms with van der Waals surface area (Å²) in [6.07, 6.45) is 2.59. The summed E-state index contributed by atoms with van der Waals surface area (Å²) in [4.78, 5) is 35.7. The van der Waals surface area contributed by atoms with Gasteiger partial charge in [0, 0.05) is 19.5 Å². The predicted molar refractivity (Wildman–Crippen MR) is 83.9 cm³/mol. The Kier molecular flexibility index (Phi) is 4.45. The molecule has 122 valence electrons. The van der Waals surface area contributed by atoms with Gasteiger partial charge in [0.25, 0.3) is 0 Å². The molecule has 0 bridgehead atoms. The number of para-hydroxylation sites is 2. The molecule has 2 aromatic rings. The van der Waals surface area contributed by atoms with E-state index in [-0.39, 0.29) is 24.8 Å². The molecule has 1 saturated heterocycles. The van der Waals surface area contributed by atoms with Crippen LogP contribution in [0.25, 0.3) is 11.1 Å². The molecule has 0 spiro atoms. The molecular formula is C16H19N3O4. The predicted octanol–water partition coefficient (Wildman–Crippen LogP) is 0.769. The molecule has 1 fully saturated rings. The van der Waals surface area contributed by atoms with E-state index in [1.54, 1.807) is 18.2 Å². The van der Waals surface area contributed by atoms with Crippen LogP contribution in [0, 0.1) is 0 Å². The minimum Gasteiger partial charge on any atom is -0.408 e. The molecule has 23 heavy (non-hydrogen) atoms. The van der Waals surface area contributed by atoms with Crippen LogP contribution in [-0.2, 0) is 16.1 Å². The van der Waals surface area contributed by atoms with Crippen LogP contribution < -0.4 is 16.4 Å². The summed E-state index contributed by atoms with van der Waals surface area (Å²) in [6.45, 7) is 0.873. The minimum atomic E-state index is -0.484. The van der Waals surface area contributed by atoms with Crippen molar-refractivity contribution in [3.05, 3.63) is 34.8 Å². The lowest BCUT2D eigenvalue weighted by atomic mass is 10.1. The number of fused-ring (bicyclic) bond motifs is 1. The van der Waals surface area contributed by atoms with Crippen LogP contribution in [0.5, 0.6) is 0 Å². The Morgan fingerprint density at radius 1 is 1.30 bits per heavy atom. The molecule has 2 amide bonds. The number of benzene rings is 1. The minimum absolute atomic E-state index is 0.118. The molecule has 0 radical (unpaired) electrons. The van der Waals surface area contributed by atoms with E-state index in [9.17, 15) is 14.4 Å². The number of carbonyl (C=O) groups is 2. The molecule has 0 saturated carbocycles. The third-order valence-corrected chi connectivity index (χ3v) is 4.01. The summed E-state index contributed by atoms with van der Waals surface area (Å²) < 4.78 is 6.56. The van der Waals surface area contributed by atoms with Gasteiger partial charge in [0.15, 0.2) is 5.58 Å². The van der Waals surface area contributed by atoms with Gasteiger partial charge in [-0.25, -0.2) is 4.79 Å². The first-order valence-electron chi connectivity index (χ1n) is 7.80. The summed E-state index contributed by atoms with van der Waals surface area (Å²) in [6, 6.07) is 6.60. The van der Waals surface area contributed by atoms with Crippen LogP contribution in [0.4, 0.5) is 0 Å². The summed E-state index contributed by atoms with van der Waals surface area (Å²) in [5.74, 6) is -0.864. The number of aryl methyl sites for hydroxylation is 1. The maximum absolute atomic E-state index is 12.1. The van der Waals surface area contributed by atoms with E-state index >= 15 is 0 Å².